The zero-order chi connectivity index (χ0) is 12.2. The van der Waals surface area contributed by atoms with Crippen molar-refractivity contribution in [3.63, 3.8) is 0 Å². The lowest BCUT2D eigenvalue weighted by atomic mass is 10.1. The molecule has 0 saturated carbocycles. The van der Waals surface area contributed by atoms with Crippen molar-refractivity contribution in [1.82, 2.24) is 0 Å². The van der Waals surface area contributed by atoms with Crippen LogP contribution in [0.4, 0.5) is 0 Å². The number of hydrogen-bond donors (Lipinski definition) is 1. The second kappa shape index (κ2) is 11.4. The van der Waals surface area contributed by atoms with E-state index in [0.717, 1.165) is 0 Å². The largest absolute Gasteiger partial charge is 0.396 e. The van der Waals surface area contributed by atoms with Gasteiger partial charge in [-0.15, -0.1) is 13.2 Å². The van der Waals surface area contributed by atoms with Crippen LogP contribution in [0.15, 0.2) is 25.3 Å². The highest BCUT2D eigenvalue weighted by Crippen LogP contribution is 2.10. The third-order valence-corrected chi connectivity index (χ3v) is 1.74. The van der Waals surface area contributed by atoms with Crippen molar-refractivity contribution in [2.45, 2.75) is 25.9 Å². The average Bonchev–Trinajstić information content (AvgIpc) is 2.20. The summed E-state index contributed by atoms with van der Waals surface area (Å²) in [6, 6.07) is 0. The lowest BCUT2D eigenvalue weighted by molar-refractivity contribution is 0.00293. The molecule has 0 bridgehead atoms. The Labute approximate surface area is 93.4 Å². The Hall–Kier alpha value is -0.640. The van der Waals surface area contributed by atoms with E-state index in [4.69, 9.17) is 14.6 Å². The van der Waals surface area contributed by atoms with Gasteiger partial charge in [0.1, 0.15) is 0 Å². The van der Waals surface area contributed by atoms with Gasteiger partial charge >= 0.3 is 0 Å². The summed E-state index contributed by atoms with van der Waals surface area (Å²) in [6.45, 7) is 12.3. The molecule has 0 heterocycles. The molecule has 0 aromatic carbocycles. The summed E-state index contributed by atoms with van der Waals surface area (Å²) in [5.74, 6) is 0. The molecular formula is C12H24O3. The molecule has 0 aromatic heterocycles. The molecule has 3 nitrogen and oxygen atoms in total. The predicted molar refractivity (Wildman–Crippen MR) is 64.0 cm³/mol. The molecule has 15 heavy (non-hydrogen) atoms. The van der Waals surface area contributed by atoms with Gasteiger partial charge in [0.25, 0.3) is 0 Å². The van der Waals surface area contributed by atoms with Crippen LogP contribution in [0.3, 0.4) is 0 Å². The molecular weight excluding hydrogens is 192 g/mol. The van der Waals surface area contributed by atoms with E-state index < -0.39 is 0 Å². The van der Waals surface area contributed by atoms with Gasteiger partial charge in [0.2, 0.25) is 0 Å². The summed E-state index contributed by atoms with van der Waals surface area (Å²) in [7, 11) is 1.65. The summed E-state index contributed by atoms with van der Waals surface area (Å²) in [5.41, 5.74) is -0.158. The zero-order valence-electron chi connectivity index (χ0n) is 10.2. The smallest absolute Gasteiger partial charge is 0.0649 e. The van der Waals surface area contributed by atoms with Crippen molar-refractivity contribution >= 4 is 0 Å². The first-order chi connectivity index (χ1) is 7.04. The Bertz CT molecular complexity index is 145. The molecule has 0 unspecified atom stereocenters. The van der Waals surface area contributed by atoms with Gasteiger partial charge in [0.05, 0.1) is 18.8 Å². The fourth-order valence-electron chi connectivity index (χ4n) is 0.606. The molecule has 0 amide bonds. The van der Waals surface area contributed by atoms with Crippen LogP contribution in [0, 0.1) is 0 Å². The summed E-state index contributed by atoms with van der Waals surface area (Å²) >= 11 is 0. The van der Waals surface area contributed by atoms with Gasteiger partial charge < -0.3 is 14.6 Å². The van der Waals surface area contributed by atoms with Gasteiger partial charge in [-0.3, -0.25) is 0 Å². The van der Waals surface area contributed by atoms with E-state index in [0.29, 0.717) is 19.6 Å². The number of ether oxygens (including phenoxy) is 2. The van der Waals surface area contributed by atoms with Gasteiger partial charge in [-0.25, -0.2) is 0 Å². The average molecular weight is 216 g/mol. The van der Waals surface area contributed by atoms with Crippen molar-refractivity contribution in [2.75, 3.05) is 26.9 Å². The molecule has 0 fully saturated rings. The van der Waals surface area contributed by atoms with Gasteiger partial charge in [-0.2, -0.15) is 0 Å². The van der Waals surface area contributed by atoms with Crippen molar-refractivity contribution in [1.29, 1.82) is 0 Å². The third-order valence-electron chi connectivity index (χ3n) is 1.74. The summed E-state index contributed by atoms with van der Waals surface area (Å²) in [4.78, 5) is 0. The minimum atomic E-state index is -0.158. The standard InChI is InChI=1S/C6H14O2.C6H10O/c1-6(2,8-3)4-5-7;1-3-5-7-6-4-2/h7H,4-5H2,1-3H3;3-4H,1-2,5-6H2. The van der Waals surface area contributed by atoms with Gasteiger partial charge in [-0.05, 0) is 20.3 Å². The Kier molecular flexibility index (Phi) is 12.8. The van der Waals surface area contributed by atoms with Crippen LogP contribution in [0.5, 0.6) is 0 Å². The molecule has 0 atom stereocenters. The van der Waals surface area contributed by atoms with Crippen LogP contribution < -0.4 is 0 Å². The van der Waals surface area contributed by atoms with Crippen LogP contribution in [-0.2, 0) is 9.47 Å². The molecule has 0 spiro atoms. The molecule has 0 radical (unpaired) electrons. The summed E-state index contributed by atoms with van der Waals surface area (Å²) < 4.78 is 9.91. The second-order valence-electron chi connectivity index (χ2n) is 3.55. The first-order valence-corrected chi connectivity index (χ1v) is 4.99. The van der Waals surface area contributed by atoms with Crippen LogP contribution in [0.1, 0.15) is 20.3 Å². The van der Waals surface area contributed by atoms with Gasteiger partial charge in [0.15, 0.2) is 0 Å². The molecule has 0 aliphatic rings. The Morgan fingerprint density at radius 1 is 1.20 bits per heavy atom. The van der Waals surface area contributed by atoms with E-state index >= 15 is 0 Å². The molecule has 0 aliphatic carbocycles. The van der Waals surface area contributed by atoms with Crippen LogP contribution in [0.25, 0.3) is 0 Å². The zero-order valence-corrected chi connectivity index (χ0v) is 10.2. The normalized spacial score (nSPS) is 10.1. The number of methoxy groups -OCH3 is 1. The Balaban J connectivity index is 0. The lowest BCUT2D eigenvalue weighted by Gasteiger charge is -2.20. The second-order valence-corrected chi connectivity index (χ2v) is 3.55. The van der Waals surface area contributed by atoms with Crippen LogP contribution in [-0.4, -0.2) is 37.6 Å². The molecule has 0 rings (SSSR count). The molecule has 0 aromatic rings. The monoisotopic (exact) mass is 216 g/mol. The van der Waals surface area contributed by atoms with Crippen molar-refractivity contribution in [2.24, 2.45) is 0 Å². The summed E-state index contributed by atoms with van der Waals surface area (Å²) in [5, 5.41) is 8.45. The van der Waals surface area contributed by atoms with E-state index in [1.807, 2.05) is 13.8 Å². The lowest BCUT2D eigenvalue weighted by Crippen LogP contribution is -2.23. The van der Waals surface area contributed by atoms with Crippen molar-refractivity contribution in [3.8, 4) is 0 Å². The van der Waals surface area contributed by atoms with Crippen molar-refractivity contribution < 1.29 is 14.6 Å². The summed E-state index contributed by atoms with van der Waals surface area (Å²) in [6.07, 6.45) is 4.12. The number of aliphatic hydroxyl groups excluding tert-OH is 1. The molecule has 0 saturated heterocycles. The highest BCUT2D eigenvalue weighted by molar-refractivity contribution is 4.68. The van der Waals surface area contributed by atoms with Gasteiger partial charge in [-0.1, -0.05) is 12.2 Å². The van der Waals surface area contributed by atoms with Crippen LogP contribution in [0.2, 0.25) is 0 Å². The fraction of sp³-hybridized carbons (Fsp3) is 0.667. The Morgan fingerprint density at radius 3 is 1.87 bits per heavy atom. The maximum absolute atomic E-state index is 8.45. The first-order valence-electron chi connectivity index (χ1n) is 4.99. The number of rotatable bonds is 7. The fourth-order valence-corrected chi connectivity index (χ4v) is 0.606. The number of aliphatic hydroxyl groups is 1. The maximum Gasteiger partial charge on any atom is 0.0649 e. The topological polar surface area (TPSA) is 38.7 Å². The van der Waals surface area contributed by atoms with E-state index in [9.17, 15) is 0 Å². The highest BCUT2D eigenvalue weighted by atomic mass is 16.5. The highest BCUT2D eigenvalue weighted by Gasteiger charge is 2.13. The predicted octanol–water partition coefficient (Wildman–Crippen LogP) is 2.17. The van der Waals surface area contributed by atoms with E-state index in [-0.39, 0.29) is 12.2 Å². The number of hydrogen-bond acceptors (Lipinski definition) is 3. The first kappa shape index (κ1) is 16.8. The molecule has 90 valence electrons. The minimum absolute atomic E-state index is 0.158. The van der Waals surface area contributed by atoms with Crippen LogP contribution >= 0.6 is 0 Å². The Morgan fingerprint density at radius 2 is 1.67 bits per heavy atom. The van der Waals surface area contributed by atoms with Gasteiger partial charge in [0, 0.05) is 13.7 Å². The molecule has 3 heteroatoms. The minimum Gasteiger partial charge on any atom is -0.396 e. The van der Waals surface area contributed by atoms with Crippen molar-refractivity contribution in [3.05, 3.63) is 25.3 Å². The van der Waals surface area contributed by atoms with E-state index in [2.05, 4.69) is 13.2 Å². The maximum atomic E-state index is 8.45. The third kappa shape index (κ3) is 16.1. The quantitative estimate of drug-likeness (QED) is 0.523. The van der Waals surface area contributed by atoms with E-state index in [1.165, 1.54) is 0 Å². The molecule has 0 aliphatic heterocycles. The van der Waals surface area contributed by atoms with E-state index in [1.54, 1.807) is 19.3 Å². The SMILES string of the molecule is C=CCOCC=C.COC(C)(C)CCO. The molecule has 1 N–H and O–H groups in total.